The zero-order valence-corrected chi connectivity index (χ0v) is 12.7. The summed E-state index contributed by atoms with van der Waals surface area (Å²) < 4.78 is 53.3. The molecule has 0 aliphatic rings. The number of hydrogen-bond acceptors (Lipinski definition) is 3. The Morgan fingerprint density at radius 2 is 1.85 bits per heavy atom. The van der Waals surface area contributed by atoms with Crippen molar-refractivity contribution >= 4 is 43.2 Å². The van der Waals surface area contributed by atoms with Gasteiger partial charge in [0.05, 0.1) is 5.02 Å². The molecule has 9 heteroatoms. The van der Waals surface area contributed by atoms with Crippen LogP contribution in [0.25, 0.3) is 0 Å². The molecule has 0 saturated carbocycles. The Kier molecular flexibility index (Phi) is 4.26. The van der Waals surface area contributed by atoms with E-state index in [-0.39, 0.29) is 14.4 Å². The van der Waals surface area contributed by atoms with Gasteiger partial charge in [0.15, 0.2) is 11.6 Å². The highest BCUT2D eigenvalue weighted by Gasteiger charge is 2.22. The van der Waals surface area contributed by atoms with E-state index in [4.69, 9.17) is 11.6 Å². The Hall–Kier alpha value is -1.25. The van der Waals surface area contributed by atoms with Gasteiger partial charge in [0, 0.05) is 16.9 Å². The smallest absolute Gasteiger partial charge is 0.265 e. The first kappa shape index (κ1) is 15.1. The third-order valence-corrected chi connectivity index (χ3v) is 4.54. The topological polar surface area (TPSA) is 59.1 Å². The number of nitrogens with one attached hydrogen (secondary N) is 1. The highest BCUT2D eigenvalue weighted by Crippen LogP contribution is 2.27. The summed E-state index contributed by atoms with van der Waals surface area (Å²) in [5, 5.41) is -0.106. The van der Waals surface area contributed by atoms with Gasteiger partial charge in [-0.2, -0.15) is 0 Å². The zero-order valence-electron chi connectivity index (χ0n) is 9.57. The normalized spacial score (nSPS) is 11.4. The summed E-state index contributed by atoms with van der Waals surface area (Å²) in [6.07, 6.45) is 2.28. The molecule has 0 saturated heterocycles. The van der Waals surface area contributed by atoms with E-state index in [0.717, 1.165) is 18.3 Å². The van der Waals surface area contributed by atoms with Crippen molar-refractivity contribution in [2.45, 2.75) is 4.90 Å². The summed E-state index contributed by atoms with van der Waals surface area (Å²) in [5.74, 6) is -2.11. The van der Waals surface area contributed by atoms with Gasteiger partial charge in [-0.3, -0.25) is 9.71 Å². The summed E-state index contributed by atoms with van der Waals surface area (Å²) in [6, 6.07) is 3.13. The average molecular weight is 384 g/mol. The predicted octanol–water partition coefficient (Wildman–Crippen LogP) is 3.58. The molecule has 0 unspecified atom stereocenters. The SMILES string of the molecule is O=S(=O)(Nc1c(F)cc(Br)cc1F)c1cnccc1Cl. The lowest BCUT2D eigenvalue weighted by atomic mass is 10.3. The number of aromatic nitrogens is 1. The standard InChI is InChI=1S/C11H6BrClF2N2O2S/c12-6-3-8(14)11(9(15)4-6)17-20(18,19)10-5-16-2-1-7(10)13/h1-5,17H. The van der Waals surface area contributed by atoms with Crippen LogP contribution in [0, 0.1) is 11.6 Å². The number of nitrogens with zero attached hydrogens (tertiary/aromatic N) is 1. The van der Waals surface area contributed by atoms with E-state index >= 15 is 0 Å². The van der Waals surface area contributed by atoms with Crippen molar-refractivity contribution in [3.63, 3.8) is 0 Å². The zero-order chi connectivity index (χ0) is 14.9. The molecule has 0 atom stereocenters. The van der Waals surface area contributed by atoms with E-state index in [2.05, 4.69) is 20.9 Å². The maximum atomic E-state index is 13.6. The van der Waals surface area contributed by atoms with Gasteiger partial charge in [0.1, 0.15) is 10.6 Å². The molecule has 1 aromatic heterocycles. The minimum atomic E-state index is -4.24. The number of hydrogen-bond donors (Lipinski definition) is 1. The van der Waals surface area contributed by atoms with Crippen LogP contribution in [0.2, 0.25) is 5.02 Å². The quantitative estimate of drug-likeness (QED) is 0.881. The van der Waals surface area contributed by atoms with E-state index in [1.165, 1.54) is 12.3 Å². The summed E-state index contributed by atoms with van der Waals surface area (Å²) in [4.78, 5) is 3.24. The summed E-state index contributed by atoms with van der Waals surface area (Å²) >= 11 is 8.62. The molecule has 1 heterocycles. The summed E-state index contributed by atoms with van der Waals surface area (Å²) in [5.41, 5.74) is -0.784. The third-order valence-electron chi connectivity index (χ3n) is 2.27. The molecular weight excluding hydrogens is 378 g/mol. The van der Waals surface area contributed by atoms with E-state index in [1.807, 2.05) is 4.72 Å². The van der Waals surface area contributed by atoms with Crippen molar-refractivity contribution in [3.05, 3.63) is 51.7 Å². The predicted molar refractivity (Wildman–Crippen MR) is 74.1 cm³/mol. The molecule has 0 radical (unpaired) electrons. The molecule has 106 valence electrons. The number of benzene rings is 1. The fourth-order valence-corrected chi connectivity index (χ4v) is 3.30. The fraction of sp³-hybridized carbons (Fsp3) is 0. The third kappa shape index (κ3) is 3.08. The monoisotopic (exact) mass is 382 g/mol. The Morgan fingerprint density at radius 3 is 2.40 bits per heavy atom. The lowest BCUT2D eigenvalue weighted by Gasteiger charge is -2.10. The van der Waals surface area contributed by atoms with Crippen LogP contribution in [0.5, 0.6) is 0 Å². The molecule has 20 heavy (non-hydrogen) atoms. The molecular formula is C11H6BrClF2N2O2S. The Balaban J connectivity index is 2.47. The Morgan fingerprint density at radius 1 is 1.25 bits per heavy atom. The highest BCUT2D eigenvalue weighted by molar-refractivity contribution is 9.10. The van der Waals surface area contributed by atoms with Crippen molar-refractivity contribution in [3.8, 4) is 0 Å². The minimum Gasteiger partial charge on any atom is -0.274 e. The van der Waals surface area contributed by atoms with Crippen molar-refractivity contribution in [1.29, 1.82) is 0 Å². The van der Waals surface area contributed by atoms with Crippen LogP contribution < -0.4 is 4.72 Å². The van der Waals surface area contributed by atoms with Gasteiger partial charge < -0.3 is 0 Å². The fourth-order valence-electron chi connectivity index (χ4n) is 1.39. The van der Waals surface area contributed by atoms with E-state index < -0.39 is 27.3 Å². The van der Waals surface area contributed by atoms with Gasteiger partial charge in [-0.15, -0.1) is 0 Å². The Bertz CT molecular complexity index is 748. The second-order valence-electron chi connectivity index (χ2n) is 3.66. The van der Waals surface area contributed by atoms with Crippen LogP contribution in [0.3, 0.4) is 0 Å². The number of anilines is 1. The maximum absolute atomic E-state index is 13.6. The first-order chi connectivity index (χ1) is 9.31. The number of halogens is 4. The molecule has 0 aliphatic heterocycles. The van der Waals surface area contributed by atoms with Crippen LogP contribution in [-0.2, 0) is 10.0 Å². The number of pyridine rings is 1. The van der Waals surface area contributed by atoms with Gasteiger partial charge in [-0.1, -0.05) is 27.5 Å². The van der Waals surface area contributed by atoms with Crippen molar-refractivity contribution < 1.29 is 17.2 Å². The highest BCUT2D eigenvalue weighted by atomic mass is 79.9. The number of rotatable bonds is 3. The Labute approximate surface area is 127 Å². The number of sulfonamides is 1. The van der Waals surface area contributed by atoms with Crippen LogP contribution in [0.1, 0.15) is 0 Å². The first-order valence-corrected chi connectivity index (χ1v) is 7.73. The second-order valence-corrected chi connectivity index (χ2v) is 6.63. The van der Waals surface area contributed by atoms with E-state index in [9.17, 15) is 17.2 Å². The van der Waals surface area contributed by atoms with E-state index in [1.54, 1.807) is 0 Å². The molecule has 2 rings (SSSR count). The van der Waals surface area contributed by atoms with Crippen molar-refractivity contribution in [1.82, 2.24) is 4.98 Å². The maximum Gasteiger partial charge on any atom is 0.265 e. The molecule has 2 aromatic rings. The average Bonchev–Trinajstić information content (AvgIpc) is 2.34. The van der Waals surface area contributed by atoms with Gasteiger partial charge in [0.2, 0.25) is 0 Å². The van der Waals surface area contributed by atoms with Gasteiger partial charge in [-0.25, -0.2) is 17.2 Å². The molecule has 0 bridgehead atoms. The molecule has 1 N–H and O–H groups in total. The van der Waals surface area contributed by atoms with Gasteiger partial charge in [-0.05, 0) is 18.2 Å². The van der Waals surface area contributed by atoms with E-state index in [0.29, 0.717) is 0 Å². The van der Waals surface area contributed by atoms with Gasteiger partial charge >= 0.3 is 0 Å². The largest absolute Gasteiger partial charge is 0.274 e. The van der Waals surface area contributed by atoms with Crippen LogP contribution in [0.15, 0.2) is 40.0 Å². The molecule has 0 amide bonds. The molecule has 4 nitrogen and oxygen atoms in total. The first-order valence-electron chi connectivity index (χ1n) is 5.08. The van der Waals surface area contributed by atoms with Crippen molar-refractivity contribution in [2.24, 2.45) is 0 Å². The molecule has 1 aromatic carbocycles. The van der Waals surface area contributed by atoms with Gasteiger partial charge in [0.25, 0.3) is 10.0 Å². The van der Waals surface area contributed by atoms with Crippen molar-refractivity contribution in [2.75, 3.05) is 4.72 Å². The lowest BCUT2D eigenvalue weighted by Crippen LogP contribution is -2.16. The second kappa shape index (κ2) is 5.63. The van der Waals surface area contributed by atoms with Crippen LogP contribution >= 0.6 is 27.5 Å². The lowest BCUT2D eigenvalue weighted by molar-refractivity contribution is 0.581. The summed E-state index contributed by atoms with van der Waals surface area (Å²) in [6.45, 7) is 0. The molecule has 0 fully saturated rings. The summed E-state index contributed by atoms with van der Waals surface area (Å²) in [7, 11) is -4.24. The molecule has 0 spiro atoms. The van der Waals surface area contributed by atoms with Crippen LogP contribution in [0.4, 0.5) is 14.5 Å². The minimum absolute atomic E-state index is 0.106. The molecule has 0 aliphatic carbocycles. The van der Waals surface area contributed by atoms with Crippen LogP contribution in [-0.4, -0.2) is 13.4 Å².